The maximum absolute atomic E-state index is 13.6. The van der Waals surface area contributed by atoms with Gasteiger partial charge in [-0.25, -0.2) is 0 Å². The van der Waals surface area contributed by atoms with E-state index in [0.29, 0.717) is 25.8 Å². The summed E-state index contributed by atoms with van der Waals surface area (Å²) in [4.78, 5) is 41.4. The molecule has 24 nitrogen and oxygen atoms in total. The molecule has 2 heterocycles. The van der Waals surface area contributed by atoms with Crippen molar-refractivity contribution in [2.24, 2.45) is 22.9 Å². The van der Waals surface area contributed by atoms with Gasteiger partial charge in [-0.15, -0.1) is 0 Å². The van der Waals surface area contributed by atoms with Gasteiger partial charge in [0.2, 0.25) is 17.7 Å². The number of nitrogens with two attached hydrogens (primary N) is 4. The van der Waals surface area contributed by atoms with Crippen LogP contribution < -0.4 is 33.6 Å². The predicted octanol–water partition coefficient (Wildman–Crippen LogP) is 4.91. The number of aliphatic hydroxyl groups is 8. The Kier molecular flexibility index (Phi) is 47.4. The Morgan fingerprint density at radius 2 is 0.968 bits per heavy atom. The molecular formula is C69H131N7O17. The smallest absolute Gasteiger partial charge is 0.223 e. The highest BCUT2D eigenvalue weighted by molar-refractivity contribution is 5.83. The van der Waals surface area contributed by atoms with E-state index in [0.717, 1.165) is 64.5 Å². The molecule has 3 rings (SSSR count). The van der Waals surface area contributed by atoms with Crippen LogP contribution in [0.5, 0.6) is 0 Å². The van der Waals surface area contributed by atoms with E-state index in [2.05, 4.69) is 48.8 Å². The van der Waals surface area contributed by atoms with Gasteiger partial charge < -0.3 is 108 Å². The Bertz CT molecular complexity index is 1910. The van der Waals surface area contributed by atoms with Gasteiger partial charge in [0.1, 0.15) is 67.8 Å². The number of hydrogen-bond acceptors (Lipinski definition) is 21. The van der Waals surface area contributed by atoms with Crippen molar-refractivity contribution in [3.8, 4) is 0 Å². The molecule has 93 heavy (non-hydrogen) atoms. The van der Waals surface area contributed by atoms with E-state index in [9.17, 15) is 55.2 Å². The second-order valence-electron chi connectivity index (χ2n) is 26.3. The number of hydrogen-bond donors (Lipinski definition) is 14. The zero-order valence-electron chi connectivity index (χ0n) is 57.0. The summed E-state index contributed by atoms with van der Waals surface area (Å²) in [5.74, 6) is -0.505. The lowest BCUT2D eigenvalue weighted by molar-refractivity contribution is -0.306. The zero-order valence-corrected chi connectivity index (χ0v) is 57.0. The van der Waals surface area contributed by atoms with Crippen LogP contribution in [0.25, 0.3) is 0 Å². The van der Waals surface area contributed by atoms with E-state index in [4.69, 9.17) is 51.4 Å². The van der Waals surface area contributed by atoms with Crippen LogP contribution in [0.15, 0.2) is 24.3 Å². The molecular weight excluding hydrogens is 1200 g/mol. The summed E-state index contributed by atoms with van der Waals surface area (Å²) in [6, 6.07) is -4.38. The SMILES string of the molecule is CCCCCCCC/C=C\CCCCCCCCN(CCCCCCCC/C=C\CCCCCCCC)C(=O)CCC(=O)NCCCCCC(=O)NCC1O[C@H](OC(CO)[C@@H](CO)OCOC2C(O)[C@H](N)CC(N)[C@H]2O[C@H]2OC(CO)[C@@H](O)C(O)C2N)C(N)C(O)[C@@H]1O. The Morgan fingerprint density at radius 3 is 1.48 bits per heavy atom. The number of unbranched alkanes of at least 4 members (excludes halogenated alkanes) is 26. The molecule has 1 saturated carbocycles. The van der Waals surface area contributed by atoms with Crippen molar-refractivity contribution in [1.82, 2.24) is 15.5 Å². The first-order valence-electron chi connectivity index (χ1n) is 36.2. The maximum Gasteiger partial charge on any atom is 0.223 e. The molecule has 2 aliphatic heterocycles. The fourth-order valence-electron chi connectivity index (χ4n) is 12.2. The van der Waals surface area contributed by atoms with Crippen LogP contribution in [0.3, 0.4) is 0 Å². The van der Waals surface area contributed by atoms with Crippen molar-refractivity contribution in [3.63, 3.8) is 0 Å². The first kappa shape index (κ1) is 84.4. The number of ether oxygens (including phenoxy) is 6. The topological polar surface area (TPSA) is 400 Å². The minimum Gasteiger partial charge on any atom is -0.394 e. The first-order chi connectivity index (χ1) is 45.0. The van der Waals surface area contributed by atoms with Crippen molar-refractivity contribution >= 4 is 17.7 Å². The van der Waals surface area contributed by atoms with E-state index in [-0.39, 0.29) is 49.9 Å². The number of amides is 3. The largest absolute Gasteiger partial charge is 0.394 e. The molecule has 0 bridgehead atoms. The van der Waals surface area contributed by atoms with Gasteiger partial charge in [-0.3, -0.25) is 14.4 Å². The van der Waals surface area contributed by atoms with Crippen molar-refractivity contribution in [2.45, 2.75) is 342 Å². The molecule has 3 fully saturated rings. The second kappa shape index (κ2) is 52.3. The van der Waals surface area contributed by atoms with Gasteiger partial charge in [-0.05, 0) is 83.5 Å². The fraction of sp³-hybridized carbons (Fsp3) is 0.899. The summed E-state index contributed by atoms with van der Waals surface area (Å²) >= 11 is 0. The highest BCUT2D eigenvalue weighted by Gasteiger charge is 2.50. The number of nitrogens with one attached hydrogen (secondary N) is 2. The van der Waals surface area contributed by atoms with Crippen molar-refractivity contribution in [3.05, 3.63) is 24.3 Å². The molecule has 0 aromatic rings. The molecule has 0 aromatic carbocycles. The number of rotatable bonds is 55. The van der Waals surface area contributed by atoms with Gasteiger partial charge in [0.15, 0.2) is 12.6 Å². The molecule has 544 valence electrons. The summed E-state index contributed by atoms with van der Waals surface area (Å²) < 4.78 is 35.0. The number of nitrogens with zero attached hydrogens (tertiary/aromatic N) is 1. The summed E-state index contributed by atoms with van der Waals surface area (Å²) in [7, 11) is 0. The Labute approximate surface area is 557 Å². The summed E-state index contributed by atoms with van der Waals surface area (Å²) in [5, 5.41) is 89.5. The van der Waals surface area contributed by atoms with Crippen LogP contribution in [0.2, 0.25) is 0 Å². The highest BCUT2D eigenvalue weighted by atomic mass is 16.7. The lowest BCUT2D eigenvalue weighted by Crippen LogP contribution is -2.67. The number of carbonyl (C=O) groups is 3. The van der Waals surface area contributed by atoms with E-state index < -0.39 is 131 Å². The third kappa shape index (κ3) is 34.5. The van der Waals surface area contributed by atoms with Crippen LogP contribution in [0.1, 0.15) is 239 Å². The lowest BCUT2D eigenvalue weighted by Gasteiger charge is -2.46. The van der Waals surface area contributed by atoms with Gasteiger partial charge in [-0.2, -0.15) is 0 Å². The molecule has 18 N–H and O–H groups in total. The molecule has 0 aromatic heterocycles. The van der Waals surface area contributed by atoms with Gasteiger partial charge in [0.25, 0.3) is 0 Å². The Hall–Kier alpha value is -2.83. The summed E-state index contributed by atoms with van der Waals surface area (Å²) in [6.45, 7) is 3.28. The number of allylic oxidation sites excluding steroid dienone is 4. The van der Waals surface area contributed by atoms with Crippen LogP contribution >= 0.6 is 0 Å². The monoisotopic (exact) mass is 1330 g/mol. The minimum atomic E-state index is -1.59. The molecule has 17 atom stereocenters. The average Bonchev–Trinajstić information content (AvgIpc) is 0.856. The predicted molar refractivity (Wildman–Crippen MR) is 359 cm³/mol. The molecule has 10 unspecified atom stereocenters. The molecule has 24 heteroatoms. The zero-order chi connectivity index (χ0) is 68.0. The average molecular weight is 1330 g/mol. The van der Waals surface area contributed by atoms with E-state index in [1.54, 1.807) is 0 Å². The Morgan fingerprint density at radius 1 is 0.505 bits per heavy atom. The molecule has 1 aliphatic carbocycles. The van der Waals surface area contributed by atoms with Crippen molar-refractivity contribution in [1.29, 1.82) is 0 Å². The summed E-state index contributed by atoms with van der Waals surface area (Å²) in [6.07, 6.45) is 28.1. The molecule has 3 aliphatic rings. The third-order valence-corrected chi connectivity index (χ3v) is 18.4. The van der Waals surface area contributed by atoms with Gasteiger partial charge >= 0.3 is 0 Å². The quantitative estimate of drug-likeness (QED) is 0.0219. The van der Waals surface area contributed by atoms with Crippen LogP contribution in [0, 0.1) is 0 Å². The standard InChI is InChI=1S/C69H131N7O17/c1-3-5-7-9-11-13-15-17-19-21-23-25-27-29-31-36-42-76(43-37-32-30-28-26-24-22-20-18-16-14-12-10-8-6-4-2)58(82)40-39-57(81)74-41-35-33-34-38-56(80)75-45-52-62(84)64(86)59(72)68(90-52)91-54(47-78)53(46-77)88-49-89-67-61(83)50(70)44-51(71)66(67)93-69-60(73)65(87)63(85)55(48-79)92-69/h17-20,50-55,59-69,77-79,83-87H,3-16,21-49,70-73H2,1-2H3,(H,74,81)(H,75,80)/b19-17-,20-18-/t50-,51?,52?,53-,54?,55?,59?,60?,61?,62-,63-,64?,65?,66-,67?,68-,69-/m1/s1. The Balaban J connectivity index is 1.37. The molecule has 0 spiro atoms. The molecule has 2 saturated heterocycles. The minimum absolute atomic E-state index is 0.0297. The van der Waals surface area contributed by atoms with Crippen molar-refractivity contribution < 1.29 is 83.7 Å². The molecule has 3 amide bonds. The summed E-state index contributed by atoms with van der Waals surface area (Å²) in [5.41, 5.74) is 24.8. The normalized spacial score (nSPS) is 27.4. The van der Waals surface area contributed by atoms with Gasteiger partial charge in [0.05, 0.1) is 38.0 Å². The van der Waals surface area contributed by atoms with Crippen LogP contribution in [0.4, 0.5) is 0 Å². The van der Waals surface area contributed by atoms with Crippen molar-refractivity contribution in [2.75, 3.05) is 52.8 Å². The number of aliphatic hydroxyl groups excluding tert-OH is 8. The van der Waals surface area contributed by atoms with E-state index in [1.165, 1.54) is 128 Å². The second-order valence-corrected chi connectivity index (χ2v) is 26.3. The van der Waals surface area contributed by atoms with Gasteiger partial charge in [0, 0.05) is 57.5 Å². The van der Waals surface area contributed by atoms with Crippen LogP contribution in [-0.4, -0.2) is 220 Å². The van der Waals surface area contributed by atoms with E-state index >= 15 is 0 Å². The first-order valence-corrected chi connectivity index (χ1v) is 36.2. The fourth-order valence-corrected chi connectivity index (χ4v) is 12.2. The molecule has 0 radical (unpaired) electrons. The van der Waals surface area contributed by atoms with E-state index in [1.807, 2.05) is 4.90 Å². The lowest BCUT2D eigenvalue weighted by atomic mass is 9.84. The highest BCUT2D eigenvalue weighted by Crippen LogP contribution is 2.30. The van der Waals surface area contributed by atoms with Crippen LogP contribution in [-0.2, 0) is 42.8 Å². The van der Waals surface area contributed by atoms with Gasteiger partial charge in [-0.1, -0.05) is 160 Å². The number of carbonyl (C=O) groups excluding carboxylic acids is 3. The maximum atomic E-state index is 13.6. The third-order valence-electron chi connectivity index (χ3n) is 18.4.